The van der Waals surface area contributed by atoms with Crippen LogP contribution < -0.4 is 5.32 Å². The normalized spacial score (nSPS) is 13.9. The highest BCUT2D eigenvalue weighted by Gasteiger charge is 2.16. The first-order chi connectivity index (χ1) is 13.7. The Morgan fingerprint density at radius 3 is 2.93 bits per heavy atom. The minimum Gasteiger partial charge on any atom is -0.315 e. The number of nitrogens with one attached hydrogen (secondary N) is 1. The van der Waals surface area contributed by atoms with Crippen molar-refractivity contribution in [3.05, 3.63) is 63.0 Å². The third-order valence-electron chi connectivity index (χ3n) is 5.04. The molecular weight excluding hydrogens is 374 g/mol. The maximum Gasteiger partial charge on any atom is 0.278 e. The molecule has 1 aliphatic heterocycles. The van der Waals surface area contributed by atoms with E-state index in [-0.39, 0.29) is 10.6 Å². The van der Waals surface area contributed by atoms with Gasteiger partial charge in [-0.05, 0) is 31.0 Å². The van der Waals surface area contributed by atoms with E-state index in [9.17, 15) is 10.1 Å². The van der Waals surface area contributed by atoms with Gasteiger partial charge in [0, 0.05) is 48.3 Å². The molecule has 1 N–H and O–H groups in total. The highest BCUT2D eigenvalue weighted by atomic mass is 32.1. The molecule has 0 saturated carbocycles. The van der Waals surface area contributed by atoms with Gasteiger partial charge in [-0.15, -0.1) is 21.5 Å². The van der Waals surface area contributed by atoms with Crippen LogP contribution in [0.3, 0.4) is 0 Å². The van der Waals surface area contributed by atoms with Crippen molar-refractivity contribution in [3.8, 4) is 10.4 Å². The summed E-state index contributed by atoms with van der Waals surface area (Å²) in [6.45, 7) is 2.60. The number of para-hydroxylation sites is 1. The fourth-order valence-corrected chi connectivity index (χ4v) is 4.61. The molecule has 0 radical (unpaired) electrons. The molecule has 3 aromatic rings. The molecule has 3 heterocycles. The average Bonchev–Trinajstić information content (AvgIpc) is 3.26. The SMILES string of the molecule is O=[N+]([O-])c1ccccc1-c1ccc(CNCCc2nnc3n2CCCCC3)s1. The second kappa shape index (κ2) is 8.62. The van der Waals surface area contributed by atoms with Crippen molar-refractivity contribution in [2.75, 3.05) is 6.54 Å². The highest BCUT2D eigenvalue weighted by molar-refractivity contribution is 7.15. The molecule has 0 spiro atoms. The first-order valence-electron chi connectivity index (χ1n) is 9.66. The summed E-state index contributed by atoms with van der Waals surface area (Å²) in [5.74, 6) is 2.19. The third-order valence-corrected chi connectivity index (χ3v) is 6.16. The number of aryl methyl sites for hydroxylation is 1. The molecular formula is C20H23N5O2S. The Kier molecular flexibility index (Phi) is 5.78. The fourth-order valence-electron chi connectivity index (χ4n) is 3.60. The van der Waals surface area contributed by atoms with Crippen LogP contribution in [-0.4, -0.2) is 26.2 Å². The molecule has 1 aliphatic rings. The van der Waals surface area contributed by atoms with Gasteiger partial charge in [-0.25, -0.2) is 0 Å². The van der Waals surface area contributed by atoms with Gasteiger partial charge in [-0.3, -0.25) is 10.1 Å². The first kappa shape index (κ1) is 18.8. The molecule has 0 fully saturated rings. The van der Waals surface area contributed by atoms with Gasteiger partial charge < -0.3 is 9.88 Å². The van der Waals surface area contributed by atoms with E-state index in [1.807, 2.05) is 18.2 Å². The van der Waals surface area contributed by atoms with Crippen LogP contribution in [0.25, 0.3) is 10.4 Å². The molecule has 28 heavy (non-hydrogen) atoms. The lowest BCUT2D eigenvalue weighted by atomic mass is 10.1. The lowest BCUT2D eigenvalue weighted by Crippen LogP contribution is -2.18. The third kappa shape index (κ3) is 4.13. The van der Waals surface area contributed by atoms with Crippen LogP contribution in [0.5, 0.6) is 0 Å². The summed E-state index contributed by atoms with van der Waals surface area (Å²) >= 11 is 1.59. The molecule has 4 rings (SSSR count). The molecule has 8 heteroatoms. The van der Waals surface area contributed by atoms with Gasteiger partial charge in [0.15, 0.2) is 0 Å². The summed E-state index contributed by atoms with van der Waals surface area (Å²) in [6.07, 6.45) is 5.56. The number of thiophene rings is 1. The smallest absolute Gasteiger partial charge is 0.278 e. The second-order valence-electron chi connectivity index (χ2n) is 6.96. The van der Waals surface area contributed by atoms with E-state index >= 15 is 0 Å². The Morgan fingerprint density at radius 1 is 1.14 bits per heavy atom. The lowest BCUT2D eigenvalue weighted by molar-refractivity contribution is -0.384. The number of nitro benzene ring substituents is 1. The Bertz CT molecular complexity index is 965. The number of nitro groups is 1. The Labute approximate surface area is 167 Å². The van der Waals surface area contributed by atoms with E-state index in [1.165, 1.54) is 19.3 Å². The van der Waals surface area contributed by atoms with Crippen molar-refractivity contribution in [2.24, 2.45) is 0 Å². The standard InChI is InChI=1S/C20H23N5O2S/c26-25(27)17-7-4-3-6-16(17)18-10-9-15(28-18)14-21-12-11-20-23-22-19-8-2-1-5-13-24(19)20/h3-4,6-7,9-10,21H,1-2,5,8,11-14H2. The van der Waals surface area contributed by atoms with Crippen LogP contribution >= 0.6 is 11.3 Å². The van der Waals surface area contributed by atoms with Crippen LogP contribution in [0.15, 0.2) is 36.4 Å². The number of benzene rings is 1. The van der Waals surface area contributed by atoms with Crippen LogP contribution in [0.1, 0.15) is 35.8 Å². The fraction of sp³-hybridized carbons (Fsp3) is 0.400. The van der Waals surface area contributed by atoms with Gasteiger partial charge in [0.25, 0.3) is 5.69 Å². The van der Waals surface area contributed by atoms with E-state index in [1.54, 1.807) is 29.5 Å². The van der Waals surface area contributed by atoms with E-state index in [2.05, 4.69) is 20.1 Å². The highest BCUT2D eigenvalue weighted by Crippen LogP contribution is 2.34. The van der Waals surface area contributed by atoms with Gasteiger partial charge in [0.05, 0.1) is 10.5 Å². The van der Waals surface area contributed by atoms with Gasteiger partial charge in [-0.2, -0.15) is 0 Å². The number of nitrogens with zero attached hydrogens (tertiary/aromatic N) is 4. The quantitative estimate of drug-likeness (QED) is 0.370. The zero-order chi connectivity index (χ0) is 19.3. The molecule has 146 valence electrons. The predicted molar refractivity (Wildman–Crippen MR) is 109 cm³/mol. The van der Waals surface area contributed by atoms with Crippen molar-refractivity contribution in [2.45, 2.75) is 45.2 Å². The van der Waals surface area contributed by atoms with Crippen LogP contribution in [0.4, 0.5) is 5.69 Å². The minimum absolute atomic E-state index is 0.149. The molecule has 0 bridgehead atoms. The van der Waals surface area contributed by atoms with Crippen molar-refractivity contribution >= 4 is 17.0 Å². The van der Waals surface area contributed by atoms with E-state index in [0.717, 1.165) is 53.9 Å². The molecule has 2 aromatic heterocycles. The van der Waals surface area contributed by atoms with E-state index in [0.29, 0.717) is 5.56 Å². The summed E-state index contributed by atoms with van der Waals surface area (Å²) < 4.78 is 2.28. The van der Waals surface area contributed by atoms with Crippen LogP contribution in [-0.2, 0) is 25.9 Å². The van der Waals surface area contributed by atoms with Crippen molar-refractivity contribution in [3.63, 3.8) is 0 Å². The maximum absolute atomic E-state index is 11.2. The molecule has 0 aliphatic carbocycles. The van der Waals surface area contributed by atoms with Gasteiger partial charge in [-0.1, -0.05) is 18.6 Å². The topological polar surface area (TPSA) is 85.9 Å². The van der Waals surface area contributed by atoms with Crippen molar-refractivity contribution in [1.82, 2.24) is 20.1 Å². The van der Waals surface area contributed by atoms with Gasteiger partial charge in [0.2, 0.25) is 0 Å². The summed E-state index contributed by atoms with van der Waals surface area (Å²) in [6, 6.07) is 10.9. The molecule has 0 unspecified atom stereocenters. The van der Waals surface area contributed by atoms with Crippen LogP contribution in [0.2, 0.25) is 0 Å². The second-order valence-corrected chi connectivity index (χ2v) is 8.13. The largest absolute Gasteiger partial charge is 0.315 e. The summed E-state index contributed by atoms with van der Waals surface area (Å²) in [5.41, 5.74) is 0.825. The molecule has 1 aromatic carbocycles. The van der Waals surface area contributed by atoms with Gasteiger partial charge in [0.1, 0.15) is 11.6 Å². The Morgan fingerprint density at radius 2 is 2.04 bits per heavy atom. The predicted octanol–water partition coefficient (Wildman–Crippen LogP) is 3.97. The molecule has 0 amide bonds. The first-order valence-corrected chi connectivity index (χ1v) is 10.5. The van der Waals surface area contributed by atoms with E-state index in [4.69, 9.17) is 0 Å². The number of aromatic nitrogens is 3. The van der Waals surface area contributed by atoms with Crippen molar-refractivity contribution < 1.29 is 4.92 Å². The zero-order valence-electron chi connectivity index (χ0n) is 15.6. The average molecular weight is 398 g/mol. The Hall–Kier alpha value is -2.58. The summed E-state index contributed by atoms with van der Waals surface area (Å²) in [4.78, 5) is 13.0. The molecule has 0 atom stereocenters. The number of fused-ring (bicyclic) bond motifs is 1. The summed E-state index contributed by atoms with van der Waals surface area (Å²) in [7, 11) is 0. The Balaban J connectivity index is 1.34. The van der Waals surface area contributed by atoms with Gasteiger partial charge >= 0.3 is 0 Å². The van der Waals surface area contributed by atoms with E-state index < -0.39 is 0 Å². The maximum atomic E-state index is 11.2. The monoisotopic (exact) mass is 397 g/mol. The number of rotatable bonds is 7. The lowest BCUT2D eigenvalue weighted by Gasteiger charge is -2.07. The minimum atomic E-state index is -0.325. The molecule has 0 saturated heterocycles. The van der Waals surface area contributed by atoms with Crippen LogP contribution in [0, 0.1) is 10.1 Å². The molecule has 7 nitrogen and oxygen atoms in total. The number of hydrogen-bond acceptors (Lipinski definition) is 6. The van der Waals surface area contributed by atoms with Crippen molar-refractivity contribution in [1.29, 1.82) is 0 Å². The zero-order valence-corrected chi connectivity index (χ0v) is 16.5. The number of hydrogen-bond donors (Lipinski definition) is 1. The summed E-state index contributed by atoms with van der Waals surface area (Å²) in [5, 5.41) is 23.4.